The first-order valence-corrected chi connectivity index (χ1v) is 5.97. The first-order valence-electron chi connectivity index (χ1n) is 5.97. The Kier molecular flexibility index (Phi) is 4.23. The van der Waals surface area contributed by atoms with Crippen LogP contribution in [0, 0.1) is 0 Å². The fourth-order valence-corrected chi connectivity index (χ4v) is 1.87. The molecule has 0 amide bonds. The summed E-state index contributed by atoms with van der Waals surface area (Å²) < 4.78 is 10.6. The van der Waals surface area contributed by atoms with Crippen LogP contribution >= 0.6 is 0 Å². The zero-order valence-corrected chi connectivity index (χ0v) is 10.2. The highest BCUT2D eigenvalue weighted by molar-refractivity contribution is 5.44. The zero-order chi connectivity index (χ0) is 12.1. The lowest BCUT2D eigenvalue weighted by molar-refractivity contribution is 0.174. The fourth-order valence-electron chi connectivity index (χ4n) is 1.87. The second kappa shape index (κ2) is 5.89. The maximum Gasteiger partial charge on any atom is 0.231 e. The van der Waals surface area contributed by atoms with Gasteiger partial charge in [-0.2, -0.15) is 0 Å². The van der Waals surface area contributed by atoms with Crippen molar-refractivity contribution < 1.29 is 14.6 Å². The van der Waals surface area contributed by atoms with Crippen LogP contribution in [-0.4, -0.2) is 43.5 Å². The van der Waals surface area contributed by atoms with Crippen molar-refractivity contribution in [2.45, 2.75) is 12.8 Å². The van der Waals surface area contributed by atoms with Gasteiger partial charge in [-0.15, -0.1) is 0 Å². The van der Waals surface area contributed by atoms with Crippen LogP contribution in [0.2, 0.25) is 0 Å². The van der Waals surface area contributed by atoms with Gasteiger partial charge in [-0.05, 0) is 37.6 Å². The fraction of sp³-hybridized carbons (Fsp3) is 0.538. The van der Waals surface area contributed by atoms with E-state index in [1.807, 2.05) is 12.1 Å². The van der Waals surface area contributed by atoms with Crippen molar-refractivity contribution in [3.63, 3.8) is 0 Å². The molecule has 0 aliphatic carbocycles. The molecule has 1 aromatic carbocycles. The summed E-state index contributed by atoms with van der Waals surface area (Å²) in [7, 11) is 2.07. The lowest BCUT2D eigenvalue weighted by Crippen LogP contribution is -2.23. The van der Waals surface area contributed by atoms with Gasteiger partial charge in [0.1, 0.15) is 0 Å². The van der Waals surface area contributed by atoms with Gasteiger partial charge in [0.05, 0.1) is 0 Å². The Hall–Kier alpha value is -1.26. The number of nitrogens with zero attached hydrogens (tertiary/aromatic N) is 1. The first-order chi connectivity index (χ1) is 8.29. The Labute approximate surface area is 102 Å². The molecule has 0 unspecified atom stereocenters. The van der Waals surface area contributed by atoms with Gasteiger partial charge in [0.25, 0.3) is 0 Å². The van der Waals surface area contributed by atoms with Crippen LogP contribution in [0.1, 0.15) is 12.0 Å². The average Bonchev–Trinajstić information content (AvgIpc) is 2.81. The molecule has 0 saturated heterocycles. The molecule has 2 rings (SSSR count). The Balaban J connectivity index is 1.83. The minimum Gasteiger partial charge on any atom is -0.454 e. The highest BCUT2D eigenvalue weighted by atomic mass is 16.7. The molecule has 0 atom stereocenters. The van der Waals surface area contributed by atoms with Crippen LogP contribution in [0.3, 0.4) is 0 Å². The van der Waals surface area contributed by atoms with Gasteiger partial charge in [-0.3, -0.25) is 0 Å². The predicted molar refractivity (Wildman–Crippen MR) is 65.5 cm³/mol. The second-order valence-electron chi connectivity index (χ2n) is 4.32. The van der Waals surface area contributed by atoms with Gasteiger partial charge in [0.15, 0.2) is 11.5 Å². The second-order valence-corrected chi connectivity index (χ2v) is 4.32. The molecule has 0 fully saturated rings. The SMILES string of the molecule is CN(CCCO)CCc1ccc2c(c1)OCO2. The van der Waals surface area contributed by atoms with Crippen LogP contribution in [0.4, 0.5) is 0 Å². The summed E-state index contributed by atoms with van der Waals surface area (Å²) in [4.78, 5) is 2.22. The molecule has 1 aliphatic rings. The molecule has 4 nitrogen and oxygen atoms in total. The molecule has 1 aliphatic heterocycles. The number of hydrogen-bond acceptors (Lipinski definition) is 4. The number of benzene rings is 1. The number of aliphatic hydroxyl groups is 1. The third-order valence-electron chi connectivity index (χ3n) is 2.92. The summed E-state index contributed by atoms with van der Waals surface area (Å²) in [6.45, 7) is 2.50. The predicted octanol–water partition coefficient (Wildman–Crippen LogP) is 1.27. The Morgan fingerprint density at radius 1 is 1.24 bits per heavy atom. The van der Waals surface area contributed by atoms with E-state index in [9.17, 15) is 0 Å². The van der Waals surface area contributed by atoms with Gasteiger partial charge in [0.2, 0.25) is 6.79 Å². The van der Waals surface area contributed by atoms with Gasteiger partial charge in [-0.25, -0.2) is 0 Å². The Morgan fingerprint density at radius 2 is 2.06 bits per heavy atom. The Bertz CT molecular complexity index is 368. The van der Waals surface area contributed by atoms with E-state index in [0.717, 1.165) is 37.4 Å². The molecule has 0 bridgehead atoms. The number of likely N-dealkylation sites (N-methyl/N-ethyl adjacent to an activating group) is 1. The highest BCUT2D eigenvalue weighted by Gasteiger charge is 2.13. The van der Waals surface area contributed by atoms with Crippen molar-refractivity contribution in [1.82, 2.24) is 4.90 Å². The van der Waals surface area contributed by atoms with E-state index in [1.165, 1.54) is 5.56 Å². The molecule has 0 aromatic heterocycles. The number of aliphatic hydroxyl groups excluding tert-OH is 1. The quantitative estimate of drug-likeness (QED) is 0.809. The molecule has 4 heteroatoms. The molecule has 1 N–H and O–H groups in total. The molecule has 1 aromatic rings. The van der Waals surface area contributed by atoms with Gasteiger partial charge in [0, 0.05) is 19.7 Å². The summed E-state index contributed by atoms with van der Waals surface area (Å²) in [5.74, 6) is 1.68. The molecule has 94 valence electrons. The summed E-state index contributed by atoms with van der Waals surface area (Å²) in [5.41, 5.74) is 1.25. The lowest BCUT2D eigenvalue weighted by atomic mass is 10.1. The molecular weight excluding hydrogens is 218 g/mol. The van der Waals surface area contributed by atoms with Crippen LogP contribution < -0.4 is 9.47 Å². The van der Waals surface area contributed by atoms with Gasteiger partial charge < -0.3 is 19.5 Å². The molecule has 1 heterocycles. The van der Waals surface area contributed by atoms with Gasteiger partial charge >= 0.3 is 0 Å². The molecule has 0 saturated carbocycles. The van der Waals surface area contributed by atoms with E-state index < -0.39 is 0 Å². The standard InChI is InChI=1S/C13H19NO3/c1-14(6-2-8-15)7-5-11-3-4-12-13(9-11)17-10-16-12/h3-4,9,15H,2,5-8,10H2,1H3. The summed E-state index contributed by atoms with van der Waals surface area (Å²) >= 11 is 0. The zero-order valence-electron chi connectivity index (χ0n) is 10.2. The van der Waals surface area contributed by atoms with E-state index in [-0.39, 0.29) is 6.61 Å². The van der Waals surface area contributed by atoms with Crippen molar-refractivity contribution in [1.29, 1.82) is 0 Å². The number of ether oxygens (including phenoxy) is 2. The van der Waals surface area contributed by atoms with Crippen LogP contribution in [-0.2, 0) is 6.42 Å². The summed E-state index contributed by atoms with van der Waals surface area (Å²) in [5, 5.41) is 8.75. The minimum atomic E-state index is 0.258. The van der Waals surface area contributed by atoms with Gasteiger partial charge in [-0.1, -0.05) is 6.07 Å². The summed E-state index contributed by atoms with van der Waals surface area (Å²) in [6.07, 6.45) is 1.82. The number of rotatable bonds is 6. The molecule has 0 spiro atoms. The third kappa shape index (κ3) is 3.35. The van der Waals surface area contributed by atoms with E-state index in [0.29, 0.717) is 6.79 Å². The maximum atomic E-state index is 8.75. The average molecular weight is 237 g/mol. The van der Waals surface area contributed by atoms with Crippen molar-refractivity contribution in [3.05, 3.63) is 23.8 Å². The van der Waals surface area contributed by atoms with E-state index in [4.69, 9.17) is 14.6 Å². The monoisotopic (exact) mass is 237 g/mol. The number of fused-ring (bicyclic) bond motifs is 1. The van der Waals surface area contributed by atoms with Crippen molar-refractivity contribution in [2.75, 3.05) is 33.5 Å². The number of hydrogen-bond donors (Lipinski definition) is 1. The van der Waals surface area contributed by atoms with Crippen molar-refractivity contribution >= 4 is 0 Å². The Morgan fingerprint density at radius 3 is 2.88 bits per heavy atom. The third-order valence-corrected chi connectivity index (χ3v) is 2.92. The van der Waals surface area contributed by atoms with E-state index in [2.05, 4.69) is 18.0 Å². The largest absolute Gasteiger partial charge is 0.454 e. The molecule has 17 heavy (non-hydrogen) atoms. The normalized spacial score (nSPS) is 13.4. The smallest absolute Gasteiger partial charge is 0.231 e. The highest BCUT2D eigenvalue weighted by Crippen LogP contribution is 2.32. The topological polar surface area (TPSA) is 41.9 Å². The first kappa shape index (κ1) is 12.2. The van der Waals surface area contributed by atoms with Crippen molar-refractivity contribution in [2.24, 2.45) is 0 Å². The van der Waals surface area contributed by atoms with E-state index in [1.54, 1.807) is 0 Å². The maximum absolute atomic E-state index is 8.75. The summed E-state index contributed by atoms with van der Waals surface area (Å²) in [6, 6.07) is 6.08. The van der Waals surface area contributed by atoms with Crippen LogP contribution in [0.5, 0.6) is 11.5 Å². The lowest BCUT2D eigenvalue weighted by Gasteiger charge is -2.15. The van der Waals surface area contributed by atoms with Crippen LogP contribution in [0.15, 0.2) is 18.2 Å². The van der Waals surface area contributed by atoms with Crippen molar-refractivity contribution in [3.8, 4) is 11.5 Å². The molecule has 0 radical (unpaired) electrons. The van der Waals surface area contributed by atoms with Crippen LogP contribution in [0.25, 0.3) is 0 Å². The molecular formula is C13H19NO3. The minimum absolute atomic E-state index is 0.258. The van der Waals surface area contributed by atoms with E-state index >= 15 is 0 Å².